The maximum absolute atomic E-state index is 9.52. The monoisotopic (exact) mass is 138 g/mol. The van der Waals surface area contributed by atoms with Crippen LogP contribution in [0.1, 0.15) is 13.8 Å². The summed E-state index contributed by atoms with van der Waals surface area (Å²) in [5.41, 5.74) is 0. The predicted molar refractivity (Wildman–Crippen MR) is 42.6 cm³/mol. The Kier molecular flexibility index (Phi) is 2.28. The Morgan fingerprint density at radius 1 is 1.00 bits per heavy atom. The van der Waals surface area contributed by atoms with Crippen molar-refractivity contribution < 1.29 is 5.11 Å². The van der Waals surface area contributed by atoms with Gasteiger partial charge in [0.15, 0.2) is 0 Å². The molecular weight excluding hydrogens is 124 g/mol. The average Bonchev–Trinajstić information content (AvgIpc) is 2.04. The van der Waals surface area contributed by atoms with Gasteiger partial charge in [0.2, 0.25) is 0 Å². The fraction of sp³-hybridized carbons (Fsp3) is 0.556. The summed E-state index contributed by atoms with van der Waals surface area (Å²) in [6.07, 6.45) is 7.85. The second-order valence-electron chi connectivity index (χ2n) is 2.98. The Bertz CT molecular complexity index is 140. The van der Waals surface area contributed by atoms with E-state index in [4.69, 9.17) is 0 Å². The van der Waals surface area contributed by atoms with Crippen molar-refractivity contribution in [1.82, 2.24) is 0 Å². The highest BCUT2D eigenvalue weighted by molar-refractivity contribution is 5.11. The summed E-state index contributed by atoms with van der Waals surface area (Å²) in [5.74, 6) is 0.565. The van der Waals surface area contributed by atoms with Gasteiger partial charge in [0.1, 0.15) is 0 Å². The molecule has 0 bridgehead atoms. The van der Waals surface area contributed by atoms with Crippen molar-refractivity contribution in [3.05, 3.63) is 24.3 Å². The molecule has 0 fully saturated rings. The van der Waals surface area contributed by atoms with Gasteiger partial charge in [-0.05, 0) is 0 Å². The van der Waals surface area contributed by atoms with Crippen molar-refractivity contribution in [3.8, 4) is 0 Å². The van der Waals surface area contributed by atoms with Crippen LogP contribution in [-0.4, -0.2) is 11.2 Å². The quantitative estimate of drug-likeness (QED) is 0.540. The summed E-state index contributed by atoms with van der Waals surface area (Å²) in [4.78, 5) is 0. The minimum atomic E-state index is -0.213. The highest BCUT2D eigenvalue weighted by atomic mass is 16.3. The molecule has 0 amide bonds. The normalized spacial score (nSPS) is 39.7. The van der Waals surface area contributed by atoms with Crippen LogP contribution in [0.5, 0.6) is 0 Å². The number of aliphatic hydroxyl groups excluding tert-OH is 1. The first-order chi connectivity index (χ1) is 4.72. The van der Waals surface area contributed by atoms with Crippen LogP contribution in [0.4, 0.5) is 0 Å². The maximum Gasteiger partial charge on any atom is 0.0660 e. The standard InChI is InChI=1S/C9H14O/c1-7-5-3-4-6-8(2)9(7)10/h3-10H,1-2H3/t7-,8+,9?. The molecule has 0 aromatic heterocycles. The second-order valence-corrected chi connectivity index (χ2v) is 2.98. The highest BCUT2D eigenvalue weighted by Gasteiger charge is 2.17. The zero-order valence-electron chi connectivity index (χ0n) is 6.49. The van der Waals surface area contributed by atoms with E-state index < -0.39 is 0 Å². The van der Waals surface area contributed by atoms with Crippen LogP contribution in [-0.2, 0) is 0 Å². The van der Waals surface area contributed by atoms with Crippen molar-refractivity contribution in [3.63, 3.8) is 0 Å². The van der Waals surface area contributed by atoms with Gasteiger partial charge >= 0.3 is 0 Å². The lowest BCUT2D eigenvalue weighted by Crippen LogP contribution is -2.21. The van der Waals surface area contributed by atoms with Gasteiger partial charge in [0, 0.05) is 11.8 Å². The van der Waals surface area contributed by atoms with E-state index in [1.165, 1.54) is 0 Å². The smallest absolute Gasteiger partial charge is 0.0660 e. The molecule has 0 heterocycles. The Morgan fingerprint density at radius 3 is 1.80 bits per heavy atom. The lowest BCUT2D eigenvalue weighted by atomic mass is 9.95. The van der Waals surface area contributed by atoms with Crippen LogP contribution < -0.4 is 0 Å². The van der Waals surface area contributed by atoms with Crippen LogP contribution in [0.25, 0.3) is 0 Å². The summed E-state index contributed by atoms with van der Waals surface area (Å²) in [5, 5.41) is 9.52. The fourth-order valence-electron chi connectivity index (χ4n) is 1.19. The Hall–Kier alpha value is -0.560. The Balaban J connectivity index is 2.69. The minimum absolute atomic E-state index is 0.213. The molecule has 1 rings (SSSR count). The molecule has 10 heavy (non-hydrogen) atoms. The van der Waals surface area contributed by atoms with Gasteiger partial charge in [0.25, 0.3) is 0 Å². The molecule has 1 unspecified atom stereocenters. The zero-order valence-corrected chi connectivity index (χ0v) is 6.49. The molecule has 0 aromatic rings. The van der Waals surface area contributed by atoms with E-state index >= 15 is 0 Å². The van der Waals surface area contributed by atoms with Crippen molar-refractivity contribution in [2.24, 2.45) is 11.8 Å². The minimum Gasteiger partial charge on any atom is -0.392 e. The van der Waals surface area contributed by atoms with Crippen LogP contribution in [0, 0.1) is 11.8 Å². The van der Waals surface area contributed by atoms with Gasteiger partial charge in [-0.2, -0.15) is 0 Å². The second kappa shape index (κ2) is 3.02. The maximum atomic E-state index is 9.52. The molecule has 0 saturated carbocycles. The molecule has 1 aliphatic carbocycles. The summed E-state index contributed by atoms with van der Waals surface area (Å²) in [6.45, 7) is 4.06. The van der Waals surface area contributed by atoms with Gasteiger partial charge < -0.3 is 5.11 Å². The van der Waals surface area contributed by atoms with E-state index in [2.05, 4.69) is 0 Å². The number of rotatable bonds is 0. The largest absolute Gasteiger partial charge is 0.392 e. The van der Waals surface area contributed by atoms with E-state index in [-0.39, 0.29) is 17.9 Å². The molecule has 0 saturated heterocycles. The summed E-state index contributed by atoms with van der Waals surface area (Å²) < 4.78 is 0. The van der Waals surface area contributed by atoms with Crippen LogP contribution in [0.15, 0.2) is 24.3 Å². The van der Waals surface area contributed by atoms with Crippen molar-refractivity contribution in [1.29, 1.82) is 0 Å². The lowest BCUT2D eigenvalue weighted by Gasteiger charge is -2.18. The van der Waals surface area contributed by atoms with E-state index in [0.717, 1.165) is 0 Å². The van der Waals surface area contributed by atoms with E-state index in [0.29, 0.717) is 0 Å². The third kappa shape index (κ3) is 1.48. The van der Waals surface area contributed by atoms with Crippen LogP contribution in [0.3, 0.4) is 0 Å². The number of allylic oxidation sites excluding steroid dienone is 2. The van der Waals surface area contributed by atoms with Gasteiger partial charge in [-0.25, -0.2) is 0 Å². The molecule has 1 N–H and O–H groups in total. The summed E-state index contributed by atoms with van der Waals surface area (Å²) in [6, 6.07) is 0. The lowest BCUT2D eigenvalue weighted by molar-refractivity contribution is 0.103. The predicted octanol–water partition coefficient (Wildman–Crippen LogP) is 1.75. The molecule has 0 aromatic carbocycles. The fourth-order valence-corrected chi connectivity index (χ4v) is 1.19. The topological polar surface area (TPSA) is 20.2 Å². The first-order valence-corrected chi connectivity index (χ1v) is 3.75. The zero-order chi connectivity index (χ0) is 7.56. The molecule has 0 spiro atoms. The summed E-state index contributed by atoms with van der Waals surface area (Å²) >= 11 is 0. The molecular formula is C9H14O. The van der Waals surface area contributed by atoms with E-state index in [1.54, 1.807) is 0 Å². The molecule has 0 aliphatic heterocycles. The van der Waals surface area contributed by atoms with Crippen molar-refractivity contribution in [2.75, 3.05) is 0 Å². The van der Waals surface area contributed by atoms with Gasteiger partial charge in [0.05, 0.1) is 6.10 Å². The number of hydrogen-bond acceptors (Lipinski definition) is 1. The Morgan fingerprint density at radius 2 is 1.40 bits per heavy atom. The first-order valence-electron chi connectivity index (χ1n) is 3.75. The molecule has 56 valence electrons. The van der Waals surface area contributed by atoms with Crippen molar-refractivity contribution in [2.45, 2.75) is 20.0 Å². The molecule has 3 atom stereocenters. The first kappa shape index (κ1) is 7.55. The van der Waals surface area contributed by atoms with Gasteiger partial charge in [-0.15, -0.1) is 0 Å². The third-order valence-corrected chi connectivity index (χ3v) is 2.02. The molecule has 0 radical (unpaired) electrons. The molecule has 1 heteroatoms. The summed E-state index contributed by atoms with van der Waals surface area (Å²) in [7, 11) is 0. The van der Waals surface area contributed by atoms with Gasteiger partial charge in [-0.1, -0.05) is 38.2 Å². The Labute approximate surface area is 62.1 Å². The number of hydrogen-bond donors (Lipinski definition) is 1. The van der Waals surface area contributed by atoms with E-state index in [1.807, 2.05) is 38.2 Å². The third-order valence-electron chi connectivity index (χ3n) is 2.02. The number of aliphatic hydroxyl groups is 1. The molecule has 1 aliphatic rings. The van der Waals surface area contributed by atoms with Gasteiger partial charge in [-0.3, -0.25) is 0 Å². The highest BCUT2D eigenvalue weighted by Crippen LogP contribution is 2.17. The average molecular weight is 138 g/mol. The van der Waals surface area contributed by atoms with Crippen LogP contribution in [0.2, 0.25) is 0 Å². The SMILES string of the molecule is C[C@@H]1C=CC=C[C@H](C)C1O. The molecule has 1 nitrogen and oxygen atoms in total. The van der Waals surface area contributed by atoms with Crippen molar-refractivity contribution >= 4 is 0 Å². The van der Waals surface area contributed by atoms with Crippen LogP contribution >= 0.6 is 0 Å². The van der Waals surface area contributed by atoms with E-state index in [9.17, 15) is 5.11 Å².